The molecule has 5 aromatic rings. The van der Waals surface area contributed by atoms with E-state index in [0.29, 0.717) is 0 Å². The van der Waals surface area contributed by atoms with Gasteiger partial charge in [0.05, 0.1) is 7.11 Å². The number of rotatable bonds is 4. The summed E-state index contributed by atoms with van der Waals surface area (Å²) in [4.78, 5) is 2.15. The predicted molar refractivity (Wildman–Crippen MR) is 205 cm³/mol. The Bertz CT molecular complexity index is 2130. The number of ether oxygens (including phenoxy) is 2. The van der Waals surface area contributed by atoms with Crippen LogP contribution in [-0.4, -0.2) is 21.2 Å². The van der Waals surface area contributed by atoms with Crippen molar-refractivity contribution in [1.82, 2.24) is 0 Å². The van der Waals surface area contributed by atoms with E-state index in [1.165, 1.54) is 84.7 Å². The Hall–Kier alpha value is -4.50. The van der Waals surface area contributed by atoms with E-state index in [9.17, 15) is 0 Å². The monoisotopic (exact) mass is 657 g/mol. The van der Waals surface area contributed by atoms with Crippen molar-refractivity contribution in [1.29, 1.82) is 0 Å². The summed E-state index contributed by atoms with van der Waals surface area (Å²) in [6, 6.07) is 35.8. The van der Waals surface area contributed by atoms with Gasteiger partial charge in [0.15, 0.2) is 5.60 Å². The topological polar surface area (TPSA) is 21.7 Å². The van der Waals surface area contributed by atoms with Crippen LogP contribution in [0.3, 0.4) is 0 Å². The third kappa shape index (κ3) is 4.22. The number of hydrogen-bond acceptors (Lipinski definition) is 3. The maximum Gasteiger partial charge on any atom is 0.178 e. The van der Waals surface area contributed by atoms with Gasteiger partial charge in [-0.2, -0.15) is 0 Å². The minimum Gasteiger partial charge on any atom is -0.497 e. The van der Waals surface area contributed by atoms with E-state index in [1.54, 1.807) is 12.7 Å². The Kier molecular flexibility index (Phi) is 6.83. The number of nitrogens with zero attached hydrogens (tertiary/aromatic N) is 1. The van der Waals surface area contributed by atoms with Gasteiger partial charge in [-0.15, -0.1) is 0 Å². The van der Waals surface area contributed by atoms with Crippen LogP contribution < -0.4 is 14.4 Å². The van der Waals surface area contributed by atoms with Crippen LogP contribution in [0.25, 0.3) is 28.0 Å². The molecule has 10 rings (SSSR count). The van der Waals surface area contributed by atoms with Crippen molar-refractivity contribution in [3.05, 3.63) is 131 Å². The normalized spacial score (nSPS) is 28.7. The summed E-state index contributed by atoms with van der Waals surface area (Å²) in [5, 5.41) is 2.40. The predicted octanol–water partition coefficient (Wildman–Crippen LogP) is 11.2. The molecule has 1 aliphatic heterocycles. The van der Waals surface area contributed by atoms with Crippen LogP contribution in [0.2, 0.25) is 0 Å². The molecule has 3 saturated carbocycles. The number of anilines is 1. The molecule has 1 spiro atoms. The Morgan fingerprint density at radius 1 is 0.720 bits per heavy atom. The number of hydrogen-bond donors (Lipinski definition) is 0. The lowest BCUT2D eigenvalue weighted by atomic mass is 9.49. The van der Waals surface area contributed by atoms with Crippen molar-refractivity contribution in [3.63, 3.8) is 0 Å². The minimum atomic E-state index is -0.778. The third-order valence-corrected chi connectivity index (χ3v) is 13.6. The quantitative estimate of drug-likeness (QED) is 0.192. The van der Waals surface area contributed by atoms with E-state index in [0.717, 1.165) is 51.7 Å². The van der Waals surface area contributed by atoms with Gasteiger partial charge in [-0.05, 0) is 101 Å². The van der Waals surface area contributed by atoms with Gasteiger partial charge in [0, 0.05) is 47.3 Å². The first-order chi connectivity index (χ1) is 24.5. The average molecular weight is 658 g/mol. The molecule has 1 heterocycles. The third-order valence-electron chi connectivity index (χ3n) is 13.6. The molecule has 5 aliphatic rings. The first-order valence-corrected chi connectivity index (χ1v) is 19.0. The Morgan fingerprint density at radius 3 is 2.12 bits per heavy atom. The largest absolute Gasteiger partial charge is 0.497 e. The molecule has 5 aromatic carbocycles. The van der Waals surface area contributed by atoms with E-state index in [4.69, 9.17) is 9.47 Å². The molecule has 0 amide bonds. The maximum absolute atomic E-state index is 7.69. The van der Waals surface area contributed by atoms with E-state index in [2.05, 4.69) is 128 Å². The Balaban J connectivity index is 1.25. The van der Waals surface area contributed by atoms with E-state index in [1.807, 2.05) is 0 Å². The fourth-order valence-corrected chi connectivity index (χ4v) is 11.7. The van der Waals surface area contributed by atoms with E-state index >= 15 is 0 Å². The Morgan fingerprint density at radius 2 is 1.40 bits per heavy atom. The smallest absolute Gasteiger partial charge is 0.178 e. The second kappa shape index (κ2) is 11.3. The summed E-state index contributed by atoms with van der Waals surface area (Å²) in [6.45, 7) is 0. The van der Waals surface area contributed by atoms with Crippen molar-refractivity contribution >= 4 is 22.5 Å². The highest BCUT2D eigenvalue weighted by atomic mass is 16.5. The van der Waals surface area contributed by atoms with Crippen molar-refractivity contribution in [2.75, 3.05) is 26.1 Å². The van der Waals surface area contributed by atoms with Crippen LogP contribution >= 0.6 is 0 Å². The lowest BCUT2D eigenvalue weighted by molar-refractivity contribution is -0.0125. The molecule has 4 aliphatic carbocycles. The SMILES string of the molecule is COc1ccc2c3c(c4c(c2c1)OC(c1ccccc1)(c1ccc(N(C)C)cc1)C=C4)C1(CC2CCCC4CCCC(C1)C42)c1ccccc1-3. The molecule has 3 heteroatoms. The minimum absolute atomic E-state index is 0.0109. The van der Waals surface area contributed by atoms with Gasteiger partial charge in [0.1, 0.15) is 11.5 Å². The molecule has 252 valence electrons. The van der Waals surface area contributed by atoms with Crippen LogP contribution in [-0.2, 0) is 11.0 Å². The Labute approximate surface area is 296 Å². The second-order valence-electron chi connectivity index (χ2n) is 16.1. The highest BCUT2D eigenvalue weighted by Crippen LogP contribution is 2.67. The van der Waals surface area contributed by atoms with E-state index in [-0.39, 0.29) is 5.41 Å². The fourth-order valence-electron chi connectivity index (χ4n) is 11.7. The molecule has 3 atom stereocenters. The highest BCUT2D eigenvalue weighted by molar-refractivity contribution is 6.09. The van der Waals surface area contributed by atoms with Crippen LogP contribution in [0.1, 0.15) is 79.2 Å². The molecule has 3 fully saturated rings. The summed E-state index contributed by atoms with van der Waals surface area (Å²) in [5.74, 6) is 5.27. The molecule has 50 heavy (non-hydrogen) atoms. The molecular weight excluding hydrogens is 611 g/mol. The van der Waals surface area contributed by atoms with Crippen molar-refractivity contribution in [2.45, 2.75) is 62.4 Å². The van der Waals surface area contributed by atoms with Crippen molar-refractivity contribution in [3.8, 4) is 22.6 Å². The van der Waals surface area contributed by atoms with Crippen LogP contribution in [0.15, 0.2) is 103 Å². The zero-order valence-electron chi connectivity index (χ0n) is 29.6. The van der Waals surface area contributed by atoms with Crippen LogP contribution in [0.5, 0.6) is 11.5 Å². The summed E-state index contributed by atoms with van der Waals surface area (Å²) in [6.07, 6.45) is 15.8. The summed E-state index contributed by atoms with van der Waals surface area (Å²) >= 11 is 0. The zero-order valence-corrected chi connectivity index (χ0v) is 29.6. The van der Waals surface area contributed by atoms with Gasteiger partial charge in [-0.3, -0.25) is 0 Å². The number of fused-ring (bicyclic) bond motifs is 10. The van der Waals surface area contributed by atoms with Gasteiger partial charge in [0.25, 0.3) is 0 Å². The molecule has 3 nitrogen and oxygen atoms in total. The summed E-state index contributed by atoms with van der Waals surface area (Å²) < 4.78 is 13.6. The number of benzene rings is 5. The van der Waals surface area contributed by atoms with Crippen LogP contribution in [0.4, 0.5) is 5.69 Å². The number of methoxy groups -OCH3 is 1. The van der Waals surface area contributed by atoms with Crippen molar-refractivity contribution < 1.29 is 9.47 Å². The van der Waals surface area contributed by atoms with Gasteiger partial charge < -0.3 is 14.4 Å². The lowest BCUT2D eigenvalue weighted by Crippen LogP contribution is -2.48. The molecule has 0 aromatic heterocycles. The first kappa shape index (κ1) is 30.3. The summed E-state index contributed by atoms with van der Waals surface area (Å²) in [7, 11) is 5.96. The van der Waals surface area contributed by atoms with Crippen molar-refractivity contribution in [2.24, 2.45) is 23.7 Å². The summed E-state index contributed by atoms with van der Waals surface area (Å²) in [5.41, 5.74) is 9.85. The fraction of sp³-hybridized carbons (Fsp3) is 0.362. The van der Waals surface area contributed by atoms with E-state index < -0.39 is 5.60 Å². The lowest BCUT2D eigenvalue weighted by Gasteiger charge is -2.55. The molecular formula is C47H47NO2. The van der Waals surface area contributed by atoms with Crippen LogP contribution in [0, 0.1) is 23.7 Å². The van der Waals surface area contributed by atoms with Gasteiger partial charge in [-0.1, -0.05) is 111 Å². The first-order valence-electron chi connectivity index (χ1n) is 19.0. The standard InChI is InChI=1S/C47H47NO2/c1-48(2)35-21-19-34(20-22-35)47(33-15-5-4-6-16-33)26-25-39-44-43(37-24-23-36(49-3)27-40(37)45(39)50-47)38-17-7-8-18-41(38)46(44)28-31-13-9-11-30-12-10-14-32(29-46)42(30)31/h4-8,15-27,30-32,42H,9-14,28-29H2,1-3H3. The molecule has 0 saturated heterocycles. The van der Waals surface area contributed by atoms with Gasteiger partial charge in [-0.25, -0.2) is 0 Å². The molecule has 0 radical (unpaired) electrons. The van der Waals surface area contributed by atoms with Gasteiger partial charge in [0.2, 0.25) is 0 Å². The maximum atomic E-state index is 7.69. The zero-order chi connectivity index (χ0) is 33.6. The molecule has 0 bridgehead atoms. The van der Waals surface area contributed by atoms with Gasteiger partial charge >= 0.3 is 0 Å². The highest BCUT2D eigenvalue weighted by Gasteiger charge is 2.56. The average Bonchev–Trinajstić information content (AvgIpc) is 3.44. The molecule has 3 unspecified atom stereocenters. The molecule has 0 N–H and O–H groups in total. The second-order valence-corrected chi connectivity index (χ2v) is 16.1.